The Hall–Kier alpha value is -2.83. The van der Waals surface area contributed by atoms with Crippen molar-refractivity contribution < 1.29 is 14.3 Å². The number of aromatic nitrogens is 2. The van der Waals surface area contributed by atoms with Crippen molar-refractivity contribution in [1.29, 1.82) is 0 Å². The highest BCUT2D eigenvalue weighted by Gasteiger charge is 2.09. The maximum absolute atomic E-state index is 12.2. The van der Waals surface area contributed by atoms with Crippen LogP contribution in [-0.4, -0.2) is 43.2 Å². The molecule has 7 nitrogen and oxygen atoms in total. The molecule has 1 amide bonds. The van der Waals surface area contributed by atoms with Crippen LogP contribution in [0.2, 0.25) is 0 Å². The van der Waals surface area contributed by atoms with Gasteiger partial charge in [-0.1, -0.05) is 13.0 Å². The molecule has 0 aliphatic heterocycles. The number of ether oxygens (including phenoxy) is 2. The molecule has 1 heterocycles. The van der Waals surface area contributed by atoms with Gasteiger partial charge in [0, 0.05) is 19.2 Å². The second-order valence-electron chi connectivity index (χ2n) is 5.41. The highest BCUT2D eigenvalue weighted by Crippen LogP contribution is 2.27. The van der Waals surface area contributed by atoms with Gasteiger partial charge >= 0.3 is 0 Å². The van der Waals surface area contributed by atoms with E-state index in [4.69, 9.17) is 9.47 Å². The van der Waals surface area contributed by atoms with E-state index in [2.05, 4.69) is 27.5 Å². The summed E-state index contributed by atoms with van der Waals surface area (Å²) >= 11 is 0. The normalized spacial score (nSPS) is 10.2. The van der Waals surface area contributed by atoms with E-state index < -0.39 is 0 Å². The molecular weight excluding hydrogens is 320 g/mol. The summed E-state index contributed by atoms with van der Waals surface area (Å²) in [4.78, 5) is 20.3. The number of anilines is 1. The molecule has 0 unspecified atom stereocenters. The molecule has 0 bridgehead atoms. The van der Waals surface area contributed by atoms with E-state index in [1.54, 1.807) is 20.3 Å². The van der Waals surface area contributed by atoms with Crippen molar-refractivity contribution in [2.24, 2.45) is 0 Å². The lowest BCUT2D eigenvalue weighted by Crippen LogP contribution is -2.26. The third kappa shape index (κ3) is 5.34. The van der Waals surface area contributed by atoms with E-state index in [1.807, 2.05) is 18.2 Å². The Morgan fingerprint density at radius 2 is 1.88 bits per heavy atom. The van der Waals surface area contributed by atoms with Gasteiger partial charge in [-0.15, -0.1) is 0 Å². The van der Waals surface area contributed by atoms with Crippen molar-refractivity contribution >= 4 is 11.7 Å². The molecule has 2 N–H and O–H groups in total. The summed E-state index contributed by atoms with van der Waals surface area (Å²) in [6, 6.07) is 7.36. The predicted molar refractivity (Wildman–Crippen MR) is 96.4 cm³/mol. The van der Waals surface area contributed by atoms with Crippen LogP contribution in [0.25, 0.3) is 0 Å². The standard InChI is InChI=1S/C18H24N4O3/c1-4-8-19-17-11-14(21-12-22-17)18(23)20-9-7-13-5-6-15(24-2)16(10-13)25-3/h5-6,10-12H,4,7-9H2,1-3H3,(H,20,23)(H,19,21,22). The smallest absolute Gasteiger partial charge is 0.270 e. The molecule has 0 aliphatic carbocycles. The third-order valence-electron chi connectivity index (χ3n) is 3.60. The Morgan fingerprint density at radius 3 is 2.60 bits per heavy atom. The van der Waals surface area contributed by atoms with Crippen LogP contribution in [0.3, 0.4) is 0 Å². The summed E-state index contributed by atoms with van der Waals surface area (Å²) in [6.45, 7) is 3.36. The van der Waals surface area contributed by atoms with E-state index in [0.29, 0.717) is 36.0 Å². The van der Waals surface area contributed by atoms with Gasteiger partial charge in [-0.25, -0.2) is 9.97 Å². The number of nitrogens with zero attached hydrogens (tertiary/aromatic N) is 2. The van der Waals surface area contributed by atoms with Gasteiger partial charge in [0.1, 0.15) is 17.8 Å². The van der Waals surface area contributed by atoms with Crippen molar-refractivity contribution in [2.45, 2.75) is 19.8 Å². The first-order valence-corrected chi connectivity index (χ1v) is 8.23. The van der Waals surface area contributed by atoms with E-state index in [9.17, 15) is 4.79 Å². The number of nitrogens with one attached hydrogen (secondary N) is 2. The first kappa shape index (κ1) is 18.5. The molecule has 0 atom stereocenters. The Bertz CT molecular complexity index is 706. The minimum absolute atomic E-state index is 0.220. The van der Waals surface area contributed by atoms with Gasteiger partial charge in [-0.3, -0.25) is 4.79 Å². The average molecular weight is 344 g/mol. The van der Waals surface area contributed by atoms with E-state index in [1.165, 1.54) is 6.33 Å². The molecule has 0 saturated heterocycles. The Labute approximate surface area is 147 Å². The molecular formula is C18H24N4O3. The number of amides is 1. The van der Waals surface area contributed by atoms with Crippen molar-refractivity contribution in [1.82, 2.24) is 15.3 Å². The van der Waals surface area contributed by atoms with Crippen LogP contribution in [0.15, 0.2) is 30.6 Å². The van der Waals surface area contributed by atoms with Gasteiger partial charge in [0.2, 0.25) is 0 Å². The minimum Gasteiger partial charge on any atom is -0.493 e. The van der Waals surface area contributed by atoms with Crippen LogP contribution in [0.5, 0.6) is 11.5 Å². The molecule has 134 valence electrons. The molecule has 25 heavy (non-hydrogen) atoms. The van der Waals surface area contributed by atoms with E-state index in [0.717, 1.165) is 18.5 Å². The molecule has 2 rings (SSSR count). The fourth-order valence-corrected chi connectivity index (χ4v) is 2.28. The maximum Gasteiger partial charge on any atom is 0.270 e. The van der Waals surface area contributed by atoms with Crippen LogP contribution in [0, 0.1) is 0 Å². The number of hydrogen-bond acceptors (Lipinski definition) is 6. The summed E-state index contributed by atoms with van der Waals surface area (Å²) in [6.07, 6.45) is 3.05. The molecule has 0 aliphatic rings. The highest BCUT2D eigenvalue weighted by atomic mass is 16.5. The molecule has 0 spiro atoms. The van der Waals surface area contributed by atoms with Gasteiger partial charge in [0.25, 0.3) is 5.91 Å². The zero-order valence-corrected chi connectivity index (χ0v) is 14.8. The van der Waals surface area contributed by atoms with Crippen LogP contribution < -0.4 is 20.1 Å². The van der Waals surface area contributed by atoms with Crippen LogP contribution in [0.4, 0.5) is 5.82 Å². The van der Waals surface area contributed by atoms with Crippen LogP contribution >= 0.6 is 0 Å². The highest BCUT2D eigenvalue weighted by molar-refractivity contribution is 5.92. The Balaban J connectivity index is 1.90. The molecule has 1 aromatic carbocycles. The molecule has 0 saturated carbocycles. The fourth-order valence-electron chi connectivity index (χ4n) is 2.28. The number of methoxy groups -OCH3 is 2. The third-order valence-corrected chi connectivity index (χ3v) is 3.60. The molecule has 1 aromatic heterocycles. The van der Waals surface area contributed by atoms with Gasteiger partial charge < -0.3 is 20.1 Å². The zero-order chi connectivity index (χ0) is 18.1. The monoisotopic (exact) mass is 344 g/mol. The molecule has 0 radical (unpaired) electrons. The molecule has 2 aromatic rings. The lowest BCUT2D eigenvalue weighted by atomic mass is 10.1. The Morgan fingerprint density at radius 1 is 1.08 bits per heavy atom. The topological polar surface area (TPSA) is 85.4 Å². The van der Waals surface area contributed by atoms with Gasteiger partial charge in [-0.2, -0.15) is 0 Å². The number of rotatable bonds is 9. The number of carbonyl (C=O) groups excluding carboxylic acids is 1. The van der Waals surface area contributed by atoms with E-state index in [-0.39, 0.29) is 5.91 Å². The number of carbonyl (C=O) groups is 1. The van der Waals surface area contributed by atoms with Crippen LogP contribution in [0.1, 0.15) is 29.4 Å². The predicted octanol–water partition coefficient (Wildman–Crippen LogP) is 2.29. The van der Waals surface area contributed by atoms with Crippen molar-refractivity contribution in [3.63, 3.8) is 0 Å². The van der Waals surface area contributed by atoms with E-state index >= 15 is 0 Å². The summed E-state index contributed by atoms with van der Waals surface area (Å²) in [5.74, 6) is 1.79. The SMILES string of the molecule is CCCNc1cc(C(=O)NCCc2ccc(OC)c(OC)c2)ncn1. The average Bonchev–Trinajstić information content (AvgIpc) is 2.66. The quantitative estimate of drug-likeness (QED) is 0.726. The Kier molecular flexibility index (Phi) is 7.00. The van der Waals surface area contributed by atoms with Crippen molar-refractivity contribution in [3.8, 4) is 11.5 Å². The van der Waals surface area contributed by atoms with Gasteiger partial charge in [-0.05, 0) is 30.5 Å². The first-order valence-electron chi connectivity index (χ1n) is 8.23. The first-order chi connectivity index (χ1) is 12.2. The van der Waals surface area contributed by atoms with Crippen LogP contribution in [-0.2, 0) is 6.42 Å². The molecule has 0 fully saturated rings. The molecule has 7 heteroatoms. The van der Waals surface area contributed by atoms with Gasteiger partial charge in [0.05, 0.1) is 14.2 Å². The van der Waals surface area contributed by atoms with Crippen molar-refractivity contribution in [3.05, 3.63) is 41.9 Å². The lowest BCUT2D eigenvalue weighted by Gasteiger charge is -2.10. The summed E-state index contributed by atoms with van der Waals surface area (Å²) in [5.41, 5.74) is 1.40. The second-order valence-corrected chi connectivity index (χ2v) is 5.41. The summed E-state index contributed by atoms with van der Waals surface area (Å²) in [5, 5.41) is 6.01. The largest absolute Gasteiger partial charge is 0.493 e. The minimum atomic E-state index is -0.220. The lowest BCUT2D eigenvalue weighted by molar-refractivity contribution is 0.0949. The fraction of sp³-hybridized carbons (Fsp3) is 0.389. The number of benzene rings is 1. The maximum atomic E-state index is 12.2. The summed E-state index contributed by atoms with van der Waals surface area (Å²) < 4.78 is 10.5. The zero-order valence-electron chi connectivity index (χ0n) is 14.8. The van der Waals surface area contributed by atoms with Gasteiger partial charge in [0.15, 0.2) is 11.5 Å². The van der Waals surface area contributed by atoms with Crippen molar-refractivity contribution in [2.75, 3.05) is 32.6 Å². The second kappa shape index (κ2) is 9.46. The summed E-state index contributed by atoms with van der Waals surface area (Å²) in [7, 11) is 3.20. The number of hydrogen-bond donors (Lipinski definition) is 2.